The van der Waals surface area contributed by atoms with Crippen molar-refractivity contribution >= 4 is 39.2 Å². The van der Waals surface area contributed by atoms with Crippen LogP contribution in [-0.2, 0) is 4.74 Å². The first kappa shape index (κ1) is 27.5. The van der Waals surface area contributed by atoms with Crippen molar-refractivity contribution in [3.8, 4) is 17.3 Å². The van der Waals surface area contributed by atoms with E-state index in [0.717, 1.165) is 57.2 Å². The summed E-state index contributed by atoms with van der Waals surface area (Å²) in [6.45, 7) is 9.15. The predicted octanol–water partition coefficient (Wildman–Crippen LogP) is 5.79. The van der Waals surface area contributed by atoms with Gasteiger partial charge in [-0.1, -0.05) is 17.7 Å². The minimum atomic E-state index is -0.532. The highest BCUT2D eigenvalue weighted by Crippen LogP contribution is 2.40. The maximum Gasteiger partial charge on any atom is 0.319 e. The molecule has 1 atom stereocenters. The lowest BCUT2D eigenvalue weighted by atomic mass is 9.95. The third kappa shape index (κ3) is 4.99. The van der Waals surface area contributed by atoms with Gasteiger partial charge in [0.15, 0.2) is 5.82 Å². The molecule has 9 nitrogen and oxygen atoms in total. The number of nitrogens with zero attached hydrogens (tertiary/aromatic N) is 6. The Kier molecular flexibility index (Phi) is 7.46. The summed E-state index contributed by atoms with van der Waals surface area (Å²) in [4.78, 5) is 18.9. The minimum absolute atomic E-state index is 0.0207. The van der Waals surface area contributed by atoms with Gasteiger partial charge >= 0.3 is 6.01 Å². The number of halogens is 2. The summed E-state index contributed by atoms with van der Waals surface area (Å²) in [6, 6.07) is 3.67. The summed E-state index contributed by atoms with van der Waals surface area (Å²) in [5.41, 5.74) is 1.64. The highest BCUT2D eigenvalue weighted by molar-refractivity contribution is 6.31. The molecule has 0 saturated carbocycles. The Hall–Kier alpha value is -3.34. The molecule has 1 aromatic carbocycles. The quantitative estimate of drug-likeness (QED) is 0.193. The van der Waals surface area contributed by atoms with Gasteiger partial charge < -0.3 is 14.4 Å². The number of hydrogen-bond donors (Lipinski definition) is 1. The molecule has 11 heteroatoms. The highest BCUT2D eigenvalue weighted by Gasteiger charge is 2.45. The number of benzene rings is 1. The van der Waals surface area contributed by atoms with E-state index in [1.165, 1.54) is 12.8 Å². The fourth-order valence-corrected chi connectivity index (χ4v) is 7.32. The van der Waals surface area contributed by atoms with Crippen molar-refractivity contribution in [1.29, 1.82) is 0 Å². The molecule has 1 N–H and O–H groups in total. The number of pyridine rings is 1. The first-order valence-corrected chi connectivity index (χ1v) is 15.2. The highest BCUT2D eigenvalue weighted by atomic mass is 35.5. The number of nitrogens with one attached hydrogen (secondary N) is 1. The number of piperidine rings is 1. The van der Waals surface area contributed by atoms with Gasteiger partial charge in [-0.3, -0.25) is 15.0 Å². The number of fused-ring (bicyclic) bond motifs is 3. The van der Waals surface area contributed by atoms with Crippen molar-refractivity contribution in [2.24, 2.45) is 5.92 Å². The summed E-state index contributed by atoms with van der Waals surface area (Å²) in [6.07, 6.45) is 11.7. The van der Waals surface area contributed by atoms with Crippen LogP contribution < -0.4 is 9.64 Å². The zero-order valence-corrected chi connectivity index (χ0v) is 24.4. The van der Waals surface area contributed by atoms with Crippen molar-refractivity contribution in [2.75, 3.05) is 50.9 Å². The number of aromatic amines is 1. The maximum atomic E-state index is 16.5. The fourth-order valence-electron chi connectivity index (χ4n) is 7.10. The number of rotatable bonds is 9. The Morgan fingerprint density at radius 3 is 2.81 bits per heavy atom. The molecule has 3 aliphatic rings. The number of anilines is 1. The molecule has 42 heavy (non-hydrogen) atoms. The second kappa shape index (κ2) is 11.4. The van der Waals surface area contributed by atoms with E-state index in [1.54, 1.807) is 30.6 Å². The average Bonchev–Trinajstić information content (AvgIpc) is 3.72. The van der Waals surface area contributed by atoms with Crippen LogP contribution in [-0.4, -0.2) is 81.6 Å². The van der Waals surface area contributed by atoms with E-state index in [2.05, 4.69) is 36.5 Å². The van der Waals surface area contributed by atoms with Crippen molar-refractivity contribution in [3.63, 3.8) is 0 Å². The van der Waals surface area contributed by atoms with Gasteiger partial charge in [-0.05, 0) is 69.7 Å². The van der Waals surface area contributed by atoms with Gasteiger partial charge in [-0.2, -0.15) is 15.1 Å². The van der Waals surface area contributed by atoms with Crippen molar-refractivity contribution in [1.82, 2.24) is 30.0 Å². The van der Waals surface area contributed by atoms with Gasteiger partial charge in [0.2, 0.25) is 0 Å². The number of hydrogen-bond acceptors (Lipinski definition) is 8. The fraction of sp³-hybridized carbons (Fsp3) is 0.484. The Morgan fingerprint density at radius 2 is 1.98 bits per heavy atom. The van der Waals surface area contributed by atoms with Crippen LogP contribution in [0.25, 0.3) is 33.1 Å². The molecule has 3 aliphatic heterocycles. The molecular weight excluding hydrogens is 557 g/mol. The predicted molar refractivity (Wildman–Crippen MR) is 162 cm³/mol. The summed E-state index contributed by atoms with van der Waals surface area (Å²) in [7, 11) is 0. The zero-order chi connectivity index (χ0) is 28.7. The Balaban J connectivity index is 1.29. The number of aromatic nitrogens is 5. The molecule has 3 saturated heterocycles. The van der Waals surface area contributed by atoms with Crippen LogP contribution in [0, 0.1) is 11.7 Å². The molecule has 0 aliphatic carbocycles. The van der Waals surface area contributed by atoms with Gasteiger partial charge in [-0.25, -0.2) is 4.39 Å². The van der Waals surface area contributed by atoms with Crippen molar-refractivity contribution in [2.45, 2.75) is 44.1 Å². The third-order valence-electron chi connectivity index (χ3n) is 9.11. The molecule has 3 aromatic heterocycles. The smallest absolute Gasteiger partial charge is 0.319 e. The van der Waals surface area contributed by atoms with Gasteiger partial charge in [0.25, 0.3) is 0 Å². The first-order valence-electron chi connectivity index (χ1n) is 14.9. The van der Waals surface area contributed by atoms with E-state index in [0.29, 0.717) is 53.0 Å². The van der Waals surface area contributed by atoms with E-state index < -0.39 is 5.82 Å². The van der Waals surface area contributed by atoms with Crippen LogP contribution in [0.2, 0.25) is 5.02 Å². The molecule has 1 unspecified atom stereocenters. The summed E-state index contributed by atoms with van der Waals surface area (Å²) < 4.78 is 28.7. The van der Waals surface area contributed by atoms with Gasteiger partial charge in [-0.15, -0.1) is 6.58 Å². The minimum Gasteiger partial charge on any atom is -0.461 e. The van der Waals surface area contributed by atoms with Crippen LogP contribution in [0.5, 0.6) is 6.01 Å². The van der Waals surface area contributed by atoms with E-state index >= 15 is 4.39 Å². The van der Waals surface area contributed by atoms with Crippen LogP contribution in [0.4, 0.5) is 10.2 Å². The molecule has 4 aromatic rings. The second-order valence-electron chi connectivity index (χ2n) is 11.8. The summed E-state index contributed by atoms with van der Waals surface area (Å²) >= 11 is 6.39. The van der Waals surface area contributed by atoms with Gasteiger partial charge in [0.05, 0.1) is 35.9 Å². The standard InChI is InChI=1S/C31H35ClFN7O2/c1-2-12-41-18-20-6-3-9-39(17-20)29-24-15-34-27(22-13-21(32)14-25-23(22)16-35-38-25)26(33)28(24)36-30(37-29)42-19-31-7-4-10-40(31)11-5-8-31/h2,13-16,20H,1,3-12,17-19H2,(H,35,38). The van der Waals surface area contributed by atoms with Crippen LogP contribution >= 0.6 is 11.6 Å². The molecule has 0 spiro atoms. The van der Waals surface area contributed by atoms with Crippen LogP contribution in [0.15, 0.2) is 37.2 Å². The normalized spacial score (nSPS) is 20.4. The van der Waals surface area contributed by atoms with E-state index in [9.17, 15) is 0 Å². The molecule has 0 bridgehead atoms. The molecule has 0 radical (unpaired) electrons. The summed E-state index contributed by atoms with van der Waals surface area (Å²) in [5, 5.41) is 8.80. The molecule has 0 amide bonds. The number of ether oxygens (including phenoxy) is 2. The first-order chi connectivity index (χ1) is 20.5. The number of H-pyrrole nitrogens is 1. The Bertz CT molecular complexity index is 1620. The average molecular weight is 592 g/mol. The Morgan fingerprint density at radius 1 is 1.12 bits per heavy atom. The van der Waals surface area contributed by atoms with E-state index in [-0.39, 0.29) is 22.8 Å². The molecule has 220 valence electrons. The van der Waals surface area contributed by atoms with Crippen molar-refractivity contribution < 1.29 is 13.9 Å². The monoisotopic (exact) mass is 591 g/mol. The molecule has 7 rings (SSSR count). The van der Waals surface area contributed by atoms with E-state index in [4.69, 9.17) is 26.1 Å². The zero-order valence-electron chi connectivity index (χ0n) is 23.6. The lowest BCUT2D eigenvalue weighted by Crippen LogP contribution is -2.43. The maximum absolute atomic E-state index is 16.5. The largest absolute Gasteiger partial charge is 0.461 e. The second-order valence-corrected chi connectivity index (χ2v) is 12.2. The molecule has 3 fully saturated rings. The van der Waals surface area contributed by atoms with Gasteiger partial charge in [0.1, 0.15) is 23.6 Å². The van der Waals surface area contributed by atoms with Gasteiger partial charge in [0, 0.05) is 35.3 Å². The molecular formula is C31H35ClFN7O2. The Labute approximate surface area is 249 Å². The van der Waals surface area contributed by atoms with Crippen LogP contribution in [0.1, 0.15) is 38.5 Å². The third-order valence-corrected chi connectivity index (χ3v) is 9.33. The lowest BCUT2D eigenvalue weighted by molar-refractivity contribution is 0.107. The van der Waals surface area contributed by atoms with Crippen molar-refractivity contribution in [3.05, 3.63) is 48.0 Å². The SMILES string of the molecule is C=CCOCC1CCCN(c2nc(OCC34CCCN3CCC4)nc3c(F)c(-c4cc(Cl)cc5[nH]ncc45)ncc23)C1. The van der Waals surface area contributed by atoms with E-state index in [1.807, 2.05) is 0 Å². The summed E-state index contributed by atoms with van der Waals surface area (Å²) in [5.74, 6) is 0.443. The lowest BCUT2D eigenvalue weighted by Gasteiger charge is -2.34. The molecule has 6 heterocycles. The topological polar surface area (TPSA) is 92.3 Å². The van der Waals surface area contributed by atoms with Crippen LogP contribution in [0.3, 0.4) is 0 Å².